The van der Waals surface area contributed by atoms with Crippen LogP contribution in [0.3, 0.4) is 0 Å². The summed E-state index contributed by atoms with van der Waals surface area (Å²) in [4.78, 5) is 29.2. The number of benzene rings is 2. The maximum absolute atomic E-state index is 13.7. The summed E-state index contributed by atoms with van der Waals surface area (Å²) in [5.41, 5.74) is 2.06. The van der Waals surface area contributed by atoms with Gasteiger partial charge < -0.3 is 24.4 Å². The molecule has 1 fully saturated rings. The van der Waals surface area contributed by atoms with Gasteiger partial charge >= 0.3 is 0 Å². The van der Waals surface area contributed by atoms with Crippen LogP contribution in [0.25, 0.3) is 5.76 Å². The van der Waals surface area contributed by atoms with Gasteiger partial charge in [-0.2, -0.15) is 0 Å². The fraction of sp³-hybridized carbons (Fsp3) is 0.429. The van der Waals surface area contributed by atoms with Gasteiger partial charge in [0.2, 0.25) is 5.78 Å². The third-order valence-corrected chi connectivity index (χ3v) is 6.41. The Kier molecular flexibility index (Phi) is 7.45. The highest BCUT2D eigenvalue weighted by Gasteiger charge is 2.44. The van der Waals surface area contributed by atoms with Gasteiger partial charge in [0.15, 0.2) is 0 Å². The van der Waals surface area contributed by atoms with E-state index in [2.05, 4.69) is 0 Å². The molecule has 0 saturated carbocycles. The molecule has 2 aliphatic rings. The normalized spacial score (nSPS) is 20.9. The molecular weight excluding hydrogens is 444 g/mol. The lowest BCUT2D eigenvalue weighted by atomic mass is 9.94. The van der Waals surface area contributed by atoms with Crippen molar-refractivity contribution in [1.29, 1.82) is 0 Å². The second-order valence-electron chi connectivity index (χ2n) is 9.66. The lowest BCUT2D eigenvalue weighted by Crippen LogP contribution is -3.05. The van der Waals surface area contributed by atoms with Gasteiger partial charge in [-0.15, -0.1) is 0 Å². The quantitative estimate of drug-likeness (QED) is 0.336. The van der Waals surface area contributed by atoms with Crippen molar-refractivity contribution in [3.63, 3.8) is 0 Å². The van der Waals surface area contributed by atoms with E-state index in [9.17, 15) is 14.7 Å². The van der Waals surface area contributed by atoms with Gasteiger partial charge in [-0.25, -0.2) is 0 Å². The zero-order valence-electron chi connectivity index (χ0n) is 20.9. The second kappa shape index (κ2) is 10.5. The molecule has 2 aliphatic heterocycles. The summed E-state index contributed by atoms with van der Waals surface area (Å²) in [7, 11) is 4.09. The molecule has 186 valence electrons. The van der Waals surface area contributed by atoms with Crippen LogP contribution in [0.15, 0.2) is 48.0 Å². The Morgan fingerprint density at radius 3 is 2.74 bits per heavy atom. The van der Waals surface area contributed by atoms with Gasteiger partial charge in [0, 0.05) is 25.0 Å². The minimum Gasteiger partial charge on any atom is -0.872 e. The number of likely N-dealkylation sites (tertiary alicyclic amines) is 1. The molecule has 2 atom stereocenters. The molecular formula is C28H34N2O5. The first-order chi connectivity index (χ1) is 16.8. The Morgan fingerprint density at radius 2 is 2.00 bits per heavy atom. The Hall–Kier alpha value is -3.32. The number of amides is 1. The number of nitrogens with one attached hydrogen (secondary N) is 1. The molecule has 1 saturated heterocycles. The van der Waals surface area contributed by atoms with E-state index in [1.807, 2.05) is 52.2 Å². The van der Waals surface area contributed by atoms with Crippen LogP contribution >= 0.6 is 0 Å². The van der Waals surface area contributed by atoms with Crippen molar-refractivity contribution in [2.75, 3.05) is 33.8 Å². The molecule has 2 unspecified atom stereocenters. The number of ether oxygens (including phenoxy) is 2. The zero-order chi connectivity index (χ0) is 25.1. The molecule has 1 amide bonds. The number of Topliss-reactive ketones (excluding diaryl/α,β-unsaturated/α-hetero) is 1. The fourth-order valence-electron chi connectivity index (χ4n) is 4.76. The average Bonchev–Trinajstić information content (AvgIpc) is 3.33. The van der Waals surface area contributed by atoms with Crippen molar-refractivity contribution >= 4 is 17.4 Å². The predicted octanol–water partition coefficient (Wildman–Crippen LogP) is 1.56. The summed E-state index contributed by atoms with van der Waals surface area (Å²) in [6, 6.07) is 11.9. The molecule has 0 radical (unpaired) electrons. The van der Waals surface area contributed by atoms with Crippen molar-refractivity contribution in [2.45, 2.75) is 45.3 Å². The van der Waals surface area contributed by atoms with Crippen molar-refractivity contribution in [1.82, 2.24) is 4.90 Å². The van der Waals surface area contributed by atoms with E-state index in [0.29, 0.717) is 36.4 Å². The number of hydrogen-bond donors (Lipinski definition) is 1. The number of ketones is 1. The Morgan fingerprint density at radius 1 is 1.20 bits per heavy atom. The smallest absolute Gasteiger partial charge is 0.295 e. The minimum absolute atomic E-state index is 0.00625. The standard InChI is InChI=1S/C28H34N2O5/c1-5-14-34-22-9-6-8-19(17-22)25-24(27(32)28(33)30(25)13-7-12-29(3)4)26(31)20-10-11-23-21(16-20)15-18(2)35-23/h6,8-11,16-18,25,31H,5,7,12-15H2,1-4H3/b26-24+. The van der Waals surface area contributed by atoms with Crippen LogP contribution in [0.1, 0.15) is 49.4 Å². The van der Waals surface area contributed by atoms with Crippen LogP contribution < -0.4 is 19.5 Å². The van der Waals surface area contributed by atoms with Crippen molar-refractivity contribution in [3.05, 3.63) is 64.7 Å². The number of fused-ring (bicyclic) bond motifs is 1. The number of quaternary nitrogens is 1. The van der Waals surface area contributed by atoms with E-state index in [1.54, 1.807) is 23.1 Å². The third kappa shape index (κ3) is 5.20. The van der Waals surface area contributed by atoms with Crippen LogP contribution in [0.5, 0.6) is 11.5 Å². The summed E-state index contributed by atoms with van der Waals surface area (Å²) in [5, 5.41) is 13.7. The van der Waals surface area contributed by atoms with E-state index in [4.69, 9.17) is 9.47 Å². The number of rotatable bonds is 9. The molecule has 2 aromatic rings. The van der Waals surface area contributed by atoms with Crippen molar-refractivity contribution in [3.8, 4) is 11.5 Å². The summed E-state index contributed by atoms with van der Waals surface area (Å²) in [5.74, 6) is -0.328. The summed E-state index contributed by atoms with van der Waals surface area (Å²) >= 11 is 0. The maximum Gasteiger partial charge on any atom is 0.295 e. The molecule has 2 aromatic carbocycles. The van der Waals surface area contributed by atoms with Gasteiger partial charge in [-0.3, -0.25) is 9.59 Å². The number of carbonyl (C=O) groups excluding carboxylic acids is 2. The van der Waals surface area contributed by atoms with Crippen LogP contribution in [-0.4, -0.2) is 56.5 Å². The predicted molar refractivity (Wildman–Crippen MR) is 131 cm³/mol. The Balaban J connectivity index is 1.77. The molecule has 35 heavy (non-hydrogen) atoms. The maximum atomic E-state index is 13.7. The molecule has 1 N–H and O–H groups in total. The largest absolute Gasteiger partial charge is 0.872 e. The van der Waals surface area contributed by atoms with Crippen LogP contribution in [0.4, 0.5) is 0 Å². The van der Waals surface area contributed by atoms with Gasteiger partial charge in [-0.05, 0) is 54.3 Å². The molecule has 4 rings (SSSR count). The first-order valence-electron chi connectivity index (χ1n) is 12.4. The minimum atomic E-state index is -0.742. The summed E-state index contributed by atoms with van der Waals surface area (Å²) in [6.07, 6.45) is 2.34. The van der Waals surface area contributed by atoms with E-state index in [0.717, 1.165) is 30.7 Å². The molecule has 7 nitrogen and oxygen atoms in total. The van der Waals surface area contributed by atoms with Gasteiger partial charge in [0.25, 0.3) is 5.91 Å². The van der Waals surface area contributed by atoms with Gasteiger partial charge in [0.05, 0.1) is 33.3 Å². The first-order valence-corrected chi connectivity index (χ1v) is 12.4. The number of nitrogens with zero attached hydrogens (tertiary/aromatic N) is 1. The van der Waals surface area contributed by atoms with E-state index >= 15 is 0 Å². The highest BCUT2D eigenvalue weighted by molar-refractivity contribution is 6.46. The second-order valence-corrected chi connectivity index (χ2v) is 9.66. The van der Waals surface area contributed by atoms with Crippen LogP contribution in [0.2, 0.25) is 0 Å². The average molecular weight is 479 g/mol. The van der Waals surface area contributed by atoms with Crippen molar-refractivity contribution < 1.29 is 29.1 Å². The molecule has 0 aliphatic carbocycles. The monoisotopic (exact) mass is 478 g/mol. The van der Waals surface area contributed by atoms with Crippen LogP contribution in [-0.2, 0) is 16.0 Å². The lowest BCUT2D eigenvalue weighted by Gasteiger charge is -2.28. The fourth-order valence-corrected chi connectivity index (χ4v) is 4.76. The SMILES string of the molecule is CCCOc1cccc(C2/C(=C(\[O-])c3ccc4c(c3)CC(C)O4)C(=O)C(=O)N2CCC[NH+](C)C)c1. The highest BCUT2D eigenvalue weighted by Crippen LogP contribution is 2.40. The topological polar surface area (TPSA) is 83.3 Å². The van der Waals surface area contributed by atoms with Crippen molar-refractivity contribution in [2.24, 2.45) is 0 Å². The zero-order valence-corrected chi connectivity index (χ0v) is 20.9. The molecule has 0 bridgehead atoms. The number of hydrogen-bond acceptors (Lipinski definition) is 5. The summed E-state index contributed by atoms with van der Waals surface area (Å²) in [6.45, 7) is 5.81. The molecule has 2 heterocycles. The molecule has 0 spiro atoms. The van der Waals surface area contributed by atoms with E-state index in [1.165, 1.54) is 4.90 Å². The van der Waals surface area contributed by atoms with E-state index < -0.39 is 23.5 Å². The Bertz CT molecular complexity index is 1140. The first kappa shape index (κ1) is 24.8. The molecule has 0 aromatic heterocycles. The van der Waals surface area contributed by atoms with Crippen LogP contribution in [0, 0.1) is 0 Å². The van der Waals surface area contributed by atoms with Gasteiger partial charge in [-0.1, -0.05) is 30.9 Å². The number of carbonyl (C=O) groups is 2. The Labute approximate surface area is 206 Å². The third-order valence-electron chi connectivity index (χ3n) is 6.41. The highest BCUT2D eigenvalue weighted by atomic mass is 16.5. The molecule has 7 heteroatoms. The van der Waals surface area contributed by atoms with E-state index in [-0.39, 0.29) is 11.7 Å². The summed E-state index contributed by atoms with van der Waals surface area (Å²) < 4.78 is 11.6. The lowest BCUT2D eigenvalue weighted by molar-refractivity contribution is -0.858. The van der Waals surface area contributed by atoms with Gasteiger partial charge in [0.1, 0.15) is 17.6 Å².